The Balaban J connectivity index is 1.81. The smallest absolute Gasteiger partial charge is 0.147 e. The van der Waals surface area contributed by atoms with Crippen LogP contribution in [0, 0.1) is 0 Å². The summed E-state index contributed by atoms with van der Waals surface area (Å²) in [4.78, 5) is 4.29. The first-order chi connectivity index (χ1) is 9.36. The van der Waals surface area contributed by atoms with E-state index in [-0.39, 0.29) is 0 Å². The Kier molecular flexibility index (Phi) is 3.55. The van der Waals surface area contributed by atoms with Gasteiger partial charge in [0.25, 0.3) is 0 Å². The van der Waals surface area contributed by atoms with Gasteiger partial charge in [-0.1, -0.05) is 31.1 Å². The van der Waals surface area contributed by atoms with Crippen LogP contribution in [0.3, 0.4) is 0 Å². The number of aryl methyl sites for hydroxylation is 1. The molecule has 98 valence electrons. The molecule has 3 rings (SSSR count). The van der Waals surface area contributed by atoms with Gasteiger partial charge in [-0.2, -0.15) is 0 Å². The van der Waals surface area contributed by atoms with Crippen molar-refractivity contribution in [3.05, 3.63) is 35.7 Å². The molecule has 0 aliphatic heterocycles. The van der Waals surface area contributed by atoms with Crippen molar-refractivity contribution in [2.75, 3.05) is 0 Å². The monoisotopic (exact) mass is 272 g/mol. The second-order valence-electron chi connectivity index (χ2n) is 4.57. The fourth-order valence-electron chi connectivity index (χ4n) is 2.04. The van der Waals surface area contributed by atoms with Crippen LogP contribution in [0.4, 0.5) is 0 Å². The molecular formula is C14H16N4S. The van der Waals surface area contributed by atoms with Crippen LogP contribution in [0.2, 0.25) is 0 Å². The molecule has 0 spiro atoms. The molecule has 0 bridgehead atoms. The molecule has 0 N–H and O–H groups in total. The molecule has 0 aromatic carbocycles. The lowest BCUT2D eigenvalue weighted by atomic mass is 10.2. The van der Waals surface area contributed by atoms with E-state index in [0.717, 1.165) is 27.6 Å². The maximum absolute atomic E-state index is 4.29. The number of hydrogen-bond acceptors (Lipinski definition) is 4. The summed E-state index contributed by atoms with van der Waals surface area (Å²) < 4.78 is 1.99. The Morgan fingerprint density at radius 1 is 1.21 bits per heavy atom. The number of nitrogens with zero attached hydrogens (tertiary/aromatic N) is 4. The summed E-state index contributed by atoms with van der Waals surface area (Å²) in [5.41, 5.74) is 2.04. The van der Waals surface area contributed by atoms with Gasteiger partial charge in [-0.3, -0.25) is 0 Å². The minimum Gasteiger partial charge on any atom is -0.307 e. The van der Waals surface area contributed by atoms with Gasteiger partial charge in [0, 0.05) is 30.6 Å². The molecule has 4 nitrogen and oxygen atoms in total. The highest BCUT2D eigenvalue weighted by molar-refractivity contribution is 7.14. The molecule has 0 atom stereocenters. The first-order valence-electron chi connectivity index (χ1n) is 6.62. The van der Waals surface area contributed by atoms with E-state index in [2.05, 4.69) is 34.2 Å². The van der Waals surface area contributed by atoms with Crippen LogP contribution >= 0.6 is 11.3 Å². The first kappa shape index (κ1) is 12.3. The molecule has 0 aliphatic rings. The topological polar surface area (TPSA) is 43.1 Å². The standard InChI is InChI=1S/C14H16N4S/c1-2-3-4-5-13-16-17-14(19-13)11-6-8-18-9-7-15-12(18)10-11/h6-10H,2-5H2,1H3. The lowest BCUT2D eigenvalue weighted by molar-refractivity contribution is 0.710. The van der Waals surface area contributed by atoms with Gasteiger partial charge >= 0.3 is 0 Å². The number of unbranched alkanes of at least 4 members (excludes halogenated alkanes) is 2. The highest BCUT2D eigenvalue weighted by atomic mass is 32.1. The summed E-state index contributed by atoms with van der Waals surface area (Å²) >= 11 is 1.69. The Labute approximate surface area is 116 Å². The van der Waals surface area contributed by atoms with Crippen molar-refractivity contribution in [3.8, 4) is 10.6 Å². The third kappa shape index (κ3) is 2.66. The summed E-state index contributed by atoms with van der Waals surface area (Å²) in [6, 6.07) is 4.11. The molecule has 0 fully saturated rings. The fourth-order valence-corrected chi connectivity index (χ4v) is 2.92. The second-order valence-corrected chi connectivity index (χ2v) is 5.63. The Morgan fingerprint density at radius 3 is 3.05 bits per heavy atom. The lowest BCUT2D eigenvalue weighted by Crippen LogP contribution is -1.84. The van der Waals surface area contributed by atoms with E-state index < -0.39 is 0 Å². The lowest BCUT2D eigenvalue weighted by Gasteiger charge is -1.96. The molecule has 3 heterocycles. The van der Waals surface area contributed by atoms with E-state index in [9.17, 15) is 0 Å². The van der Waals surface area contributed by atoms with E-state index in [0.29, 0.717) is 0 Å². The van der Waals surface area contributed by atoms with Gasteiger partial charge in [-0.05, 0) is 18.6 Å². The molecule has 3 aromatic heterocycles. The van der Waals surface area contributed by atoms with Gasteiger partial charge < -0.3 is 4.40 Å². The van der Waals surface area contributed by atoms with Crippen LogP contribution < -0.4 is 0 Å². The molecule has 19 heavy (non-hydrogen) atoms. The molecule has 0 radical (unpaired) electrons. The molecule has 0 amide bonds. The second kappa shape index (κ2) is 5.48. The molecule has 0 saturated heterocycles. The van der Waals surface area contributed by atoms with Gasteiger partial charge in [-0.25, -0.2) is 4.98 Å². The van der Waals surface area contributed by atoms with Crippen LogP contribution in [-0.4, -0.2) is 19.6 Å². The van der Waals surface area contributed by atoms with Crippen LogP contribution in [-0.2, 0) is 6.42 Å². The van der Waals surface area contributed by atoms with E-state index in [4.69, 9.17) is 0 Å². The highest BCUT2D eigenvalue weighted by Gasteiger charge is 2.07. The summed E-state index contributed by atoms with van der Waals surface area (Å²) in [6.45, 7) is 2.21. The zero-order valence-corrected chi connectivity index (χ0v) is 11.7. The summed E-state index contributed by atoms with van der Waals surface area (Å²) in [5, 5.41) is 10.7. The van der Waals surface area contributed by atoms with Crippen molar-refractivity contribution in [3.63, 3.8) is 0 Å². The molecule has 5 heteroatoms. The SMILES string of the molecule is CCCCCc1nnc(-c2ccn3ccnc3c2)s1. The van der Waals surface area contributed by atoms with Crippen molar-refractivity contribution < 1.29 is 0 Å². The largest absolute Gasteiger partial charge is 0.307 e. The zero-order chi connectivity index (χ0) is 13.1. The third-order valence-corrected chi connectivity index (χ3v) is 4.14. The molecule has 0 saturated carbocycles. The first-order valence-corrected chi connectivity index (χ1v) is 7.44. The van der Waals surface area contributed by atoms with E-state index >= 15 is 0 Å². The van der Waals surface area contributed by atoms with Crippen molar-refractivity contribution in [2.45, 2.75) is 32.6 Å². The predicted molar refractivity (Wildman–Crippen MR) is 77.3 cm³/mol. The summed E-state index contributed by atoms with van der Waals surface area (Å²) in [7, 11) is 0. The van der Waals surface area contributed by atoms with Crippen molar-refractivity contribution in [1.29, 1.82) is 0 Å². The number of hydrogen-bond donors (Lipinski definition) is 0. The maximum Gasteiger partial charge on any atom is 0.147 e. The van der Waals surface area contributed by atoms with Crippen molar-refractivity contribution >= 4 is 17.0 Å². The highest BCUT2D eigenvalue weighted by Crippen LogP contribution is 2.25. The number of aromatic nitrogens is 4. The Hall–Kier alpha value is -1.75. The minimum absolute atomic E-state index is 0.945. The van der Waals surface area contributed by atoms with E-state index in [1.807, 2.05) is 16.8 Å². The molecule has 0 unspecified atom stereocenters. The van der Waals surface area contributed by atoms with Gasteiger partial charge in [0.05, 0.1) is 0 Å². The normalized spacial score (nSPS) is 11.2. The third-order valence-electron chi connectivity index (χ3n) is 3.11. The summed E-state index contributed by atoms with van der Waals surface area (Å²) in [5.74, 6) is 0. The minimum atomic E-state index is 0.945. The quantitative estimate of drug-likeness (QED) is 0.667. The van der Waals surface area contributed by atoms with Gasteiger partial charge in [0.15, 0.2) is 0 Å². The Bertz CT molecular complexity index is 671. The van der Waals surface area contributed by atoms with Gasteiger partial charge in [0.2, 0.25) is 0 Å². The van der Waals surface area contributed by atoms with Crippen LogP contribution in [0.25, 0.3) is 16.2 Å². The zero-order valence-electron chi connectivity index (χ0n) is 10.9. The van der Waals surface area contributed by atoms with Crippen molar-refractivity contribution in [1.82, 2.24) is 19.6 Å². The Morgan fingerprint density at radius 2 is 2.16 bits per heavy atom. The average molecular weight is 272 g/mol. The average Bonchev–Trinajstić information content (AvgIpc) is 3.06. The summed E-state index contributed by atoms with van der Waals surface area (Å²) in [6.07, 6.45) is 10.5. The van der Waals surface area contributed by atoms with Crippen LogP contribution in [0.1, 0.15) is 31.2 Å². The molecule has 3 aromatic rings. The fraction of sp³-hybridized carbons (Fsp3) is 0.357. The maximum atomic E-state index is 4.29. The van der Waals surface area contributed by atoms with E-state index in [1.165, 1.54) is 19.3 Å². The van der Waals surface area contributed by atoms with Crippen molar-refractivity contribution in [2.24, 2.45) is 0 Å². The van der Waals surface area contributed by atoms with E-state index in [1.54, 1.807) is 17.5 Å². The van der Waals surface area contributed by atoms with Crippen LogP contribution in [0.15, 0.2) is 30.7 Å². The molecule has 0 aliphatic carbocycles. The van der Waals surface area contributed by atoms with Crippen LogP contribution in [0.5, 0.6) is 0 Å². The number of imidazole rings is 1. The predicted octanol–water partition coefficient (Wildman–Crippen LogP) is 3.59. The van der Waals surface area contributed by atoms with Gasteiger partial charge in [0.1, 0.15) is 15.7 Å². The number of rotatable bonds is 5. The number of pyridine rings is 1. The molecular weight excluding hydrogens is 256 g/mol. The number of fused-ring (bicyclic) bond motifs is 1. The van der Waals surface area contributed by atoms with Gasteiger partial charge in [-0.15, -0.1) is 10.2 Å².